The highest BCUT2D eigenvalue weighted by atomic mass is 16.5. The van der Waals surface area contributed by atoms with Crippen LogP contribution in [0.15, 0.2) is 4.52 Å². The van der Waals surface area contributed by atoms with Gasteiger partial charge in [0.25, 0.3) is 0 Å². The molecule has 168 valence electrons. The molecule has 1 aromatic rings. The number of aromatic nitrogens is 2. The van der Waals surface area contributed by atoms with Crippen molar-refractivity contribution < 1.29 is 14.1 Å². The summed E-state index contributed by atoms with van der Waals surface area (Å²) in [5.41, 5.74) is -0.133. The molecule has 0 aromatic carbocycles. The number of likely N-dealkylation sites (tertiary alicyclic amines) is 1. The van der Waals surface area contributed by atoms with Crippen LogP contribution in [0.3, 0.4) is 0 Å². The zero-order valence-electron chi connectivity index (χ0n) is 18.9. The minimum Gasteiger partial charge on any atom is -0.342 e. The van der Waals surface area contributed by atoms with E-state index in [1.807, 2.05) is 30.6 Å². The SMILES string of the molecule is CC(C)(C)c1noc(CCCC(=O)N2CCN(CC(=O)N3CCCCCC3)CC2)n1. The van der Waals surface area contributed by atoms with E-state index < -0.39 is 0 Å². The molecule has 2 fully saturated rings. The number of hydrogen-bond donors (Lipinski definition) is 0. The van der Waals surface area contributed by atoms with Gasteiger partial charge in [-0.3, -0.25) is 14.5 Å². The minimum absolute atomic E-state index is 0.133. The number of carbonyl (C=O) groups is 2. The van der Waals surface area contributed by atoms with Crippen molar-refractivity contribution in [1.82, 2.24) is 24.8 Å². The van der Waals surface area contributed by atoms with Crippen LogP contribution in [0.4, 0.5) is 0 Å². The number of carbonyl (C=O) groups excluding carboxylic acids is 2. The lowest BCUT2D eigenvalue weighted by molar-refractivity contribution is -0.135. The minimum atomic E-state index is -0.133. The van der Waals surface area contributed by atoms with E-state index in [4.69, 9.17) is 4.52 Å². The molecular formula is C22H37N5O3. The molecule has 0 atom stereocenters. The Balaban J connectivity index is 1.34. The fourth-order valence-electron chi connectivity index (χ4n) is 3.98. The van der Waals surface area contributed by atoms with E-state index in [1.165, 1.54) is 12.8 Å². The van der Waals surface area contributed by atoms with Crippen LogP contribution in [0.1, 0.15) is 71.0 Å². The smallest absolute Gasteiger partial charge is 0.236 e. The van der Waals surface area contributed by atoms with Gasteiger partial charge in [0.2, 0.25) is 17.7 Å². The van der Waals surface area contributed by atoms with Gasteiger partial charge in [0.05, 0.1) is 6.54 Å². The van der Waals surface area contributed by atoms with Gasteiger partial charge in [-0.25, -0.2) is 0 Å². The zero-order valence-corrected chi connectivity index (χ0v) is 18.9. The molecule has 0 N–H and O–H groups in total. The highest BCUT2D eigenvalue weighted by Crippen LogP contribution is 2.19. The van der Waals surface area contributed by atoms with Crippen LogP contribution < -0.4 is 0 Å². The Morgan fingerprint density at radius 1 is 0.900 bits per heavy atom. The van der Waals surface area contributed by atoms with Gasteiger partial charge in [0.15, 0.2) is 5.82 Å². The van der Waals surface area contributed by atoms with E-state index in [1.54, 1.807) is 0 Å². The van der Waals surface area contributed by atoms with Gasteiger partial charge in [-0.05, 0) is 19.3 Å². The molecular weight excluding hydrogens is 382 g/mol. The predicted octanol–water partition coefficient (Wildman–Crippen LogP) is 2.24. The lowest BCUT2D eigenvalue weighted by Gasteiger charge is -2.35. The van der Waals surface area contributed by atoms with E-state index >= 15 is 0 Å². The molecule has 0 radical (unpaired) electrons. The lowest BCUT2D eigenvalue weighted by Crippen LogP contribution is -2.51. The topological polar surface area (TPSA) is 82.8 Å². The highest BCUT2D eigenvalue weighted by Gasteiger charge is 2.25. The number of hydrogen-bond acceptors (Lipinski definition) is 6. The normalized spacial score (nSPS) is 19.0. The molecule has 0 spiro atoms. The summed E-state index contributed by atoms with van der Waals surface area (Å²) in [6.07, 6.45) is 6.52. The maximum absolute atomic E-state index is 12.6. The summed E-state index contributed by atoms with van der Waals surface area (Å²) in [6.45, 7) is 11.3. The first kappa shape index (κ1) is 22.7. The third kappa shape index (κ3) is 6.52. The molecule has 0 unspecified atom stereocenters. The van der Waals surface area contributed by atoms with Gasteiger partial charge in [-0.2, -0.15) is 4.98 Å². The fourth-order valence-corrected chi connectivity index (χ4v) is 3.98. The van der Waals surface area contributed by atoms with Crippen molar-refractivity contribution in [3.63, 3.8) is 0 Å². The molecule has 0 bridgehead atoms. The molecule has 8 nitrogen and oxygen atoms in total. The number of amides is 2. The number of aryl methyl sites for hydroxylation is 1. The van der Waals surface area contributed by atoms with Crippen LogP contribution in [0, 0.1) is 0 Å². The number of piperazine rings is 1. The van der Waals surface area contributed by atoms with Crippen molar-refractivity contribution in [2.24, 2.45) is 0 Å². The van der Waals surface area contributed by atoms with Gasteiger partial charge in [0, 0.05) is 57.5 Å². The average Bonchev–Trinajstić information content (AvgIpc) is 3.02. The van der Waals surface area contributed by atoms with E-state index in [9.17, 15) is 9.59 Å². The van der Waals surface area contributed by atoms with E-state index in [0.717, 1.165) is 39.0 Å². The second-order valence-corrected chi connectivity index (χ2v) is 9.57. The van der Waals surface area contributed by atoms with Crippen LogP contribution >= 0.6 is 0 Å². The summed E-state index contributed by atoms with van der Waals surface area (Å²) < 4.78 is 5.30. The molecule has 0 saturated carbocycles. The van der Waals surface area contributed by atoms with Gasteiger partial charge >= 0.3 is 0 Å². The quantitative estimate of drug-likeness (QED) is 0.703. The van der Waals surface area contributed by atoms with Crippen molar-refractivity contribution in [2.75, 3.05) is 45.8 Å². The monoisotopic (exact) mass is 419 g/mol. The third-order valence-electron chi connectivity index (χ3n) is 5.96. The maximum Gasteiger partial charge on any atom is 0.236 e. The number of nitrogens with zero attached hydrogens (tertiary/aromatic N) is 5. The highest BCUT2D eigenvalue weighted by molar-refractivity contribution is 5.78. The van der Waals surface area contributed by atoms with Gasteiger partial charge in [-0.1, -0.05) is 38.8 Å². The van der Waals surface area contributed by atoms with Crippen molar-refractivity contribution in [1.29, 1.82) is 0 Å². The summed E-state index contributed by atoms with van der Waals surface area (Å²) in [6, 6.07) is 0. The molecule has 2 aliphatic rings. The Hall–Kier alpha value is -1.96. The third-order valence-corrected chi connectivity index (χ3v) is 5.96. The largest absolute Gasteiger partial charge is 0.342 e. The summed E-state index contributed by atoms with van der Waals surface area (Å²) in [5.74, 6) is 1.72. The fraction of sp³-hybridized carbons (Fsp3) is 0.818. The Bertz CT molecular complexity index is 696. The molecule has 2 amide bonds. The Kier molecular flexibility index (Phi) is 7.86. The van der Waals surface area contributed by atoms with E-state index in [0.29, 0.717) is 50.6 Å². The summed E-state index contributed by atoms with van der Waals surface area (Å²) in [4.78, 5) is 35.6. The maximum atomic E-state index is 12.6. The van der Waals surface area contributed by atoms with E-state index in [-0.39, 0.29) is 17.2 Å². The first-order valence-electron chi connectivity index (χ1n) is 11.4. The Labute approximate surface area is 180 Å². The van der Waals surface area contributed by atoms with Crippen LogP contribution in [-0.4, -0.2) is 82.5 Å². The van der Waals surface area contributed by atoms with E-state index in [2.05, 4.69) is 15.0 Å². The summed E-state index contributed by atoms with van der Waals surface area (Å²) >= 11 is 0. The van der Waals surface area contributed by atoms with Crippen molar-refractivity contribution in [3.05, 3.63) is 11.7 Å². The molecule has 2 aliphatic heterocycles. The Morgan fingerprint density at radius 3 is 2.13 bits per heavy atom. The first-order valence-corrected chi connectivity index (χ1v) is 11.4. The van der Waals surface area contributed by atoms with Gasteiger partial charge in [-0.15, -0.1) is 0 Å². The Morgan fingerprint density at radius 2 is 1.53 bits per heavy atom. The second kappa shape index (κ2) is 10.4. The molecule has 2 saturated heterocycles. The molecule has 3 heterocycles. The van der Waals surface area contributed by atoms with Crippen LogP contribution in [-0.2, 0) is 21.4 Å². The standard InChI is InChI=1S/C22H37N5O3/c1-22(2,3)21-23-18(30-24-21)9-8-10-19(28)27-15-13-25(14-16-27)17-20(29)26-11-6-4-5-7-12-26/h4-17H2,1-3H3. The summed E-state index contributed by atoms with van der Waals surface area (Å²) in [5, 5.41) is 4.03. The molecule has 3 rings (SSSR count). The zero-order chi connectivity index (χ0) is 21.6. The summed E-state index contributed by atoms with van der Waals surface area (Å²) in [7, 11) is 0. The molecule has 8 heteroatoms. The molecule has 0 aliphatic carbocycles. The van der Waals surface area contributed by atoms with Crippen molar-refractivity contribution >= 4 is 11.8 Å². The van der Waals surface area contributed by atoms with Gasteiger partial charge in [0.1, 0.15) is 0 Å². The van der Waals surface area contributed by atoms with Gasteiger partial charge < -0.3 is 14.3 Å². The molecule has 30 heavy (non-hydrogen) atoms. The van der Waals surface area contributed by atoms with Crippen molar-refractivity contribution in [3.8, 4) is 0 Å². The predicted molar refractivity (Wildman–Crippen MR) is 114 cm³/mol. The van der Waals surface area contributed by atoms with Crippen molar-refractivity contribution in [2.45, 2.75) is 71.1 Å². The molecule has 1 aromatic heterocycles. The lowest BCUT2D eigenvalue weighted by atomic mass is 9.96. The van der Waals surface area contributed by atoms with Crippen LogP contribution in [0.5, 0.6) is 0 Å². The van der Waals surface area contributed by atoms with Crippen LogP contribution in [0.25, 0.3) is 0 Å². The average molecular weight is 420 g/mol. The second-order valence-electron chi connectivity index (χ2n) is 9.57. The first-order chi connectivity index (χ1) is 14.3. The number of rotatable bonds is 6. The van der Waals surface area contributed by atoms with Crippen LogP contribution in [0.2, 0.25) is 0 Å².